The van der Waals surface area contributed by atoms with Crippen LogP contribution in [0.25, 0.3) is 0 Å². The van der Waals surface area contributed by atoms with Crippen molar-refractivity contribution >= 4 is 5.97 Å². The molecule has 0 radical (unpaired) electrons. The summed E-state index contributed by atoms with van der Waals surface area (Å²) in [4.78, 5) is 10.2. The summed E-state index contributed by atoms with van der Waals surface area (Å²) in [5.41, 5.74) is 0. The average molecular weight is 130 g/mol. The molecule has 0 saturated carbocycles. The van der Waals surface area contributed by atoms with E-state index in [0.717, 1.165) is 0 Å². The van der Waals surface area contributed by atoms with Crippen LogP contribution >= 0.6 is 0 Å². The van der Waals surface area contributed by atoms with Crippen molar-refractivity contribution in [3.8, 4) is 0 Å². The SMILES string of the molecule is C=COC(C)OC(C)=O. The van der Waals surface area contributed by atoms with Crippen LogP contribution in [0.3, 0.4) is 0 Å². The monoisotopic (exact) mass is 130 g/mol. The minimum atomic E-state index is -0.528. The highest BCUT2D eigenvalue weighted by Crippen LogP contribution is 1.92. The molecule has 9 heavy (non-hydrogen) atoms. The maximum absolute atomic E-state index is 10.2. The second kappa shape index (κ2) is 3.95. The number of hydrogen-bond acceptors (Lipinski definition) is 3. The zero-order valence-corrected chi connectivity index (χ0v) is 5.59. The first kappa shape index (κ1) is 8.01. The van der Waals surface area contributed by atoms with Gasteiger partial charge in [0.2, 0.25) is 6.29 Å². The van der Waals surface area contributed by atoms with E-state index >= 15 is 0 Å². The Balaban J connectivity index is 3.37. The summed E-state index contributed by atoms with van der Waals surface area (Å²) in [6, 6.07) is 0. The normalized spacial score (nSPS) is 11.8. The van der Waals surface area contributed by atoms with Gasteiger partial charge in [0.15, 0.2) is 0 Å². The highest BCUT2D eigenvalue weighted by atomic mass is 16.7. The largest absolute Gasteiger partial charge is 0.463 e. The molecule has 0 spiro atoms. The van der Waals surface area contributed by atoms with Crippen LogP contribution in [0.1, 0.15) is 13.8 Å². The van der Waals surface area contributed by atoms with E-state index in [1.54, 1.807) is 6.92 Å². The maximum atomic E-state index is 10.2. The van der Waals surface area contributed by atoms with Crippen molar-refractivity contribution in [2.24, 2.45) is 0 Å². The molecule has 1 atom stereocenters. The number of ether oxygens (including phenoxy) is 2. The fourth-order valence-corrected chi connectivity index (χ4v) is 0.397. The minimum absolute atomic E-state index is 0.357. The van der Waals surface area contributed by atoms with E-state index in [0.29, 0.717) is 0 Å². The van der Waals surface area contributed by atoms with Crippen molar-refractivity contribution in [1.29, 1.82) is 0 Å². The molecular weight excluding hydrogens is 120 g/mol. The lowest BCUT2D eigenvalue weighted by molar-refractivity contribution is -0.163. The molecule has 0 amide bonds. The predicted molar refractivity (Wildman–Crippen MR) is 32.5 cm³/mol. The third-order valence-electron chi connectivity index (χ3n) is 0.620. The highest BCUT2D eigenvalue weighted by Gasteiger charge is 2.00. The Kier molecular flexibility index (Phi) is 3.51. The van der Waals surface area contributed by atoms with E-state index in [-0.39, 0.29) is 5.97 Å². The summed E-state index contributed by atoms with van der Waals surface area (Å²) in [6.45, 7) is 6.23. The van der Waals surface area contributed by atoms with Crippen molar-refractivity contribution in [1.82, 2.24) is 0 Å². The third-order valence-corrected chi connectivity index (χ3v) is 0.620. The molecular formula is C6H10O3. The molecule has 3 nitrogen and oxygen atoms in total. The molecule has 0 saturated heterocycles. The van der Waals surface area contributed by atoms with Crippen LogP contribution in [0.5, 0.6) is 0 Å². The van der Waals surface area contributed by atoms with Crippen molar-refractivity contribution < 1.29 is 14.3 Å². The summed E-state index contributed by atoms with van der Waals surface area (Å²) < 4.78 is 9.23. The molecule has 0 aromatic heterocycles. The van der Waals surface area contributed by atoms with Crippen LogP contribution in [0, 0.1) is 0 Å². The fourth-order valence-electron chi connectivity index (χ4n) is 0.397. The standard InChI is InChI=1S/C6H10O3/c1-4-8-6(3)9-5(2)7/h4,6H,1H2,2-3H3. The number of carbonyl (C=O) groups is 1. The Morgan fingerprint density at radius 1 is 1.78 bits per heavy atom. The van der Waals surface area contributed by atoms with Crippen LogP contribution in [-0.4, -0.2) is 12.3 Å². The van der Waals surface area contributed by atoms with Crippen molar-refractivity contribution in [3.05, 3.63) is 12.8 Å². The van der Waals surface area contributed by atoms with Gasteiger partial charge < -0.3 is 9.47 Å². The second-order valence-corrected chi connectivity index (χ2v) is 1.48. The molecule has 0 fully saturated rings. The lowest BCUT2D eigenvalue weighted by Crippen LogP contribution is -2.12. The molecule has 0 aliphatic carbocycles. The second-order valence-electron chi connectivity index (χ2n) is 1.48. The summed E-state index contributed by atoms with van der Waals surface area (Å²) in [5, 5.41) is 0. The Hall–Kier alpha value is -0.990. The van der Waals surface area contributed by atoms with Crippen LogP contribution < -0.4 is 0 Å². The van der Waals surface area contributed by atoms with Gasteiger partial charge in [-0.2, -0.15) is 0 Å². The smallest absolute Gasteiger partial charge is 0.305 e. The lowest BCUT2D eigenvalue weighted by atomic mass is 10.7. The number of esters is 1. The van der Waals surface area contributed by atoms with Gasteiger partial charge in [-0.05, 0) is 0 Å². The molecule has 0 bridgehead atoms. The molecule has 0 aromatic rings. The first-order valence-corrected chi connectivity index (χ1v) is 2.60. The van der Waals surface area contributed by atoms with E-state index in [1.807, 2.05) is 0 Å². The molecule has 0 rings (SSSR count). The Labute approximate surface area is 54.3 Å². The zero-order valence-electron chi connectivity index (χ0n) is 5.59. The van der Waals surface area contributed by atoms with Crippen LogP contribution in [0.15, 0.2) is 12.8 Å². The molecule has 0 heterocycles. The molecule has 0 N–H and O–H groups in total. The summed E-state index contributed by atoms with van der Waals surface area (Å²) in [6.07, 6.45) is 0.702. The Morgan fingerprint density at radius 2 is 2.33 bits per heavy atom. The van der Waals surface area contributed by atoms with E-state index in [4.69, 9.17) is 0 Å². The van der Waals surface area contributed by atoms with Gasteiger partial charge in [0, 0.05) is 13.8 Å². The van der Waals surface area contributed by atoms with E-state index in [9.17, 15) is 4.79 Å². The highest BCUT2D eigenvalue weighted by molar-refractivity contribution is 5.65. The lowest BCUT2D eigenvalue weighted by Gasteiger charge is -2.09. The Bertz CT molecular complexity index is 109. The molecule has 0 aliphatic rings. The molecule has 0 aliphatic heterocycles. The first-order chi connectivity index (χ1) is 4.16. The third kappa shape index (κ3) is 4.87. The first-order valence-electron chi connectivity index (χ1n) is 2.60. The topological polar surface area (TPSA) is 35.5 Å². The predicted octanol–water partition coefficient (Wildman–Crippen LogP) is 1.06. The van der Waals surface area contributed by atoms with Gasteiger partial charge >= 0.3 is 5.97 Å². The maximum Gasteiger partial charge on any atom is 0.305 e. The number of hydrogen-bond donors (Lipinski definition) is 0. The van der Waals surface area contributed by atoms with E-state index in [2.05, 4.69) is 16.1 Å². The minimum Gasteiger partial charge on any atom is -0.463 e. The number of carbonyl (C=O) groups excluding carboxylic acids is 1. The fraction of sp³-hybridized carbons (Fsp3) is 0.500. The van der Waals surface area contributed by atoms with E-state index in [1.165, 1.54) is 13.2 Å². The summed E-state index contributed by atoms with van der Waals surface area (Å²) in [5.74, 6) is -0.357. The van der Waals surface area contributed by atoms with Gasteiger partial charge in [-0.15, -0.1) is 0 Å². The van der Waals surface area contributed by atoms with Crippen molar-refractivity contribution in [2.45, 2.75) is 20.1 Å². The van der Waals surface area contributed by atoms with Gasteiger partial charge in [-0.3, -0.25) is 4.79 Å². The molecule has 1 unspecified atom stereocenters. The van der Waals surface area contributed by atoms with Gasteiger partial charge in [0.1, 0.15) is 0 Å². The van der Waals surface area contributed by atoms with Crippen LogP contribution in [0.4, 0.5) is 0 Å². The van der Waals surface area contributed by atoms with Crippen LogP contribution in [0.2, 0.25) is 0 Å². The van der Waals surface area contributed by atoms with Gasteiger partial charge in [-0.25, -0.2) is 0 Å². The quantitative estimate of drug-likeness (QED) is 0.325. The molecule has 0 aromatic carbocycles. The molecule has 3 heteroatoms. The summed E-state index contributed by atoms with van der Waals surface area (Å²) in [7, 11) is 0. The number of rotatable bonds is 3. The summed E-state index contributed by atoms with van der Waals surface area (Å²) >= 11 is 0. The van der Waals surface area contributed by atoms with Gasteiger partial charge in [0.25, 0.3) is 0 Å². The van der Waals surface area contributed by atoms with Gasteiger partial charge in [0.05, 0.1) is 6.26 Å². The van der Waals surface area contributed by atoms with Crippen molar-refractivity contribution in [2.75, 3.05) is 0 Å². The van der Waals surface area contributed by atoms with Crippen molar-refractivity contribution in [3.63, 3.8) is 0 Å². The van der Waals surface area contributed by atoms with Crippen LogP contribution in [-0.2, 0) is 14.3 Å². The average Bonchev–Trinajstić information content (AvgIpc) is 1.63. The zero-order chi connectivity index (χ0) is 7.28. The van der Waals surface area contributed by atoms with E-state index < -0.39 is 6.29 Å². The van der Waals surface area contributed by atoms with Gasteiger partial charge in [-0.1, -0.05) is 6.58 Å². The Morgan fingerprint density at radius 3 is 2.67 bits per heavy atom. The molecule has 52 valence electrons.